The number of sulfonamides is 1. The summed E-state index contributed by atoms with van der Waals surface area (Å²) >= 11 is 0. The Balaban J connectivity index is 3.01. The maximum atomic E-state index is 12.7. The Bertz CT molecular complexity index is 629. The number of anilines is 1. The molecule has 0 spiro atoms. The molecule has 0 saturated carbocycles. The van der Waals surface area contributed by atoms with Gasteiger partial charge in [-0.25, -0.2) is 13.1 Å². The molecular formula is C11H14F3N3O3S. The van der Waals surface area contributed by atoms with Gasteiger partial charge < -0.3 is 11.1 Å². The van der Waals surface area contributed by atoms with Gasteiger partial charge in [0, 0.05) is 12.2 Å². The molecule has 0 aliphatic heterocycles. The quantitative estimate of drug-likeness (QED) is 0.740. The highest BCUT2D eigenvalue weighted by Gasteiger charge is 2.31. The summed E-state index contributed by atoms with van der Waals surface area (Å²) in [6.45, 7) is -0.151. The first-order valence-electron chi connectivity index (χ1n) is 5.69. The second kappa shape index (κ2) is 6.41. The molecule has 21 heavy (non-hydrogen) atoms. The van der Waals surface area contributed by atoms with E-state index in [1.807, 2.05) is 4.72 Å². The smallest absolute Gasteiger partial charge is 0.326 e. The van der Waals surface area contributed by atoms with E-state index in [4.69, 9.17) is 5.73 Å². The van der Waals surface area contributed by atoms with Crippen LogP contribution in [0, 0.1) is 0 Å². The number of carbonyl (C=O) groups excluding carboxylic acids is 1. The molecule has 118 valence electrons. The Kier molecular flexibility index (Phi) is 5.31. The minimum atomic E-state index is -4.60. The Morgan fingerprint density at radius 3 is 2.38 bits per heavy atom. The maximum Gasteiger partial charge on any atom is 0.416 e. The standard InChI is InChI=1S/C11H14F3N3O3S/c1-16-21(19,20)6-10(18)17-9-3-7(5-15)2-8(4-9)11(12,13)14/h2-4,16H,5-6,15H2,1H3,(H,17,18). The zero-order valence-electron chi connectivity index (χ0n) is 11.0. The second-order valence-electron chi connectivity index (χ2n) is 4.13. The summed E-state index contributed by atoms with van der Waals surface area (Å²) in [5.41, 5.74) is 4.32. The molecule has 10 heteroatoms. The predicted octanol–water partition coefficient (Wildman–Crippen LogP) is 0.652. The Hall–Kier alpha value is -1.65. The van der Waals surface area contributed by atoms with Gasteiger partial charge in [0.05, 0.1) is 5.56 Å². The van der Waals surface area contributed by atoms with Crippen LogP contribution in [-0.4, -0.2) is 27.1 Å². The second-order valence-corrected chi connectivity index (χ2v) is 6.06. The van der Waals surface area contributed by atoms with Gasteiger partial charge in [0.1, 0.15) is 5.75 Å². The first-order valence-corrected chi connectivity index (χ1v) is 7.35. The van der Waals surface area contributed by atoms with E-state index in [9.17, 15) is 26.4 Å². The van der Waals surface area contributed by atoms with Crippen LogP contribution < -0.4 is 15.8 Å². The van der Waals surface area contributed by atoms with Crippen LogP contribution in [0.3, 0.4) is 0 Å². The van der Waals surface area contributed by atoms with Crippen molar-refractivity contribution in [2.24, 2.45) is 5.73 Å². The number of nitrogens with two attached hydrogens (primary N) is 1. The summed E-state index contributed by atoms with van der Waals surface area (Å²) in [5.74, 6) is -1.84. The van der Waals surface area contributed by atoms with E-state index in [-0.39, 0.29) is 17.8 Å². The topological polar surface area (TPSA) is 101 Å². The van der Waals surface area contributed by atoms with Gasteiger partial charge in [0.15, 0.2) is 0 Å². The van der Waals surface area contributed by atoms with Crippen molar-refractivity contribution in [1.29, 1.82) is 0 Å². The number of nitrogens with one attached hydrogen (secondary N) is 2. The van der Waals surface area contributed by atoms with Crippen LogP contribution in [0.15, 0.2) is 18.2 Å². The highest BCUT2D eigenvalue weighted by atomic mass is 32.2. The summed E-state index contributed by atoms with van der Waals surface area (Å²) < 4.78 is 62.3. The molecule has 0 saturated heterocycles. The third-order valence-electron chi connectivity index (χ3n) is 2.47. The van der Waals surface area contributed by atoms with E-state index >= 15 is 0 Å². The Morgan fingerprint density at radius 1 is 1.29 bits per heavy atom. The molecule has 1 aromatic carbocycles. The summed E-state index contributed by atoms with van der Waals surface area (Å²) in [7, 11) is -2.68. The van der Waals surface area contributed by atoms with Crippen molar-refractivity contribution in [1.82, 2.24) is 4.72 Å². The minimum Gasteiger partial charge on any atom is -0.326 e. The number of halogens is 3. The lowest BCUT2D eigenvalue weighted by atomic mass is 10.1. The number of benzene rings is 1. The zero-order valence-corrected chi connectivity index (χ0v) is 11.8. The van der Waals surface area contributed by atoms with Crippen LogP contribution in [0.5, 0.6) is 0 Å². The summed E-state index contributed by atoms with van der Waals surface area (Å²) in [4.78, 5) is 11.5. The van der Waals surface area contributed by atoms with E-state index < -0.39 is 33.4 Å². The molecule has 1 amide bonds. The van der Waals surface area contributed by atoms with E-state index in [0.29, 0.717) is 6.07 Å². The van der Waals surface area contributed by atoms with Crippen molar-refractivity contribution in [2.45, 2.75) is 12.7 Å². The third-order valence-corrected chi connectivity index (χ3v) is 3.74. The molecule has 0 bridgehead atoms. The van der Waals surface area contributed by atoms with Gasteiger partial charge in [-0.05, 0) is 30.8 Å². The van der Waals surface area contributed by atoms with Crippen molar-refractivity contribution >= 4 is 21.6 Å². The average Bonchev–Trinajstić information content (AvgIpc) is 2.36. The molecule has 1 rings (SSSR count). The largest absolute Gasteiger partial charge is 0.416 e. The first kappa shape index (κ1) is 17.4. The monoisotopic (exact) mass is 325 g/mol. The number of amides is 1. The van der Waals surface area contributed by atoms with Crippen LogP contribution >= 0.6 is 0 Å². The molecule has 0 fully saturated rings. The molecule has 4 N–H and O–H groups in total. The molecule has 0 aliphatic rings. The van der Waals surface area contributed by atoms with Gasteiger partial charge in [0.2, 0.25) is 15.9 Å². The van der Waals surface area contributed by atoms with Crippen LogP contribution in [-0.2, 0) is 27.5 Å². The normalized spacial score (nSPS) is 12.2. The van der Waals surface area contributed by atoms with Gasteiger partial charge in [-0.2, -0.15) is 13.2 Å². The van der Waals surface area contributed by atoms with Gasteiger partial charge in [0.25, 0.3) is 0 Å². The lowest BCUT2D eigenvalue weighted by Crippen LogP contribution is -2.30. The highest BCUT2D eigenvalue weighted by Crippen LogP contribution is 2.31. The van der Waals surface area contributed by atoms with E-state index in [1.54, 1.807) is 0 Å². The van der Waals surface area contributed by atoms with Crippen molar-refractivity contribution in [3.05, 3.63) is 29.3 Å². The lowest BCUT2D eigenvalue weighted by Gasteiger charge is -2.12. The lowest BCUT2D eigenvalue weighted by molar-refractivity contribution is -0.137. The van der Waals surface area contributed by atoms with Gasteiger partial charge in [-0.1, -0.05) is 0 Å². The highest BCUT2D eigenvalue weighted by molar-refractivity contribution is 7.90. The van der Waals surface area contributed by atoms with E-state index in [1.165, 1.54) is 6.07 Å². The van der Waals surface area contributed by atoms with Gasteiger partial charge >= 0.3 is 6.18 Å². The fourth-order valence-corrected chi connectivity index (χ4v) is 2.05. The zero-order chi connectivity index (χ0) is 16.3. The summed E-state index contributed by atoms with van der Waals surface area (Å²) in [5, 5.41) is 2.11. The summed E-state index contributed by atoms with van der Waals surface area (Å²) in [6.07, 6.45) is -4.60. The number of hydrogen-bond acceptors (Lipinski definition) is 4. The molecular weight excluding hydrogens is 311 g/mol. The van der Waals surface area contributed by atoms with E-state index in [0.717, 1.165) is 13.1 Å². The van der Waals surface area contributed by atoms with Crippen molar-refractivity contribution in [2.75, 3.05) is 18.1 Å². The molecule has 0 atom stereocenters. The van der Waals surface area contributed by atoms with Crippen molar-refractivity contribution in [3.8, 4) is 0 Å². The Labute approximate surface area is 119 Å². The number of hydrogen-bond donors (Lipinski definition) is 3. The van der Waals surface area contributed by atoms with Crippen LogP contribution in [0.2, 0.25) is 0 Å². The molecule has 6 nitrogen and oxygen atoms in total. The predicted molar refractivity (Wildman–Crippen MR) is 70.8 cm³/mol. The van der Waals surface area contributed by atoms with Crippen molar-refractivity contribution in [3.63, 3.8) is 0 Å². The molecule has 0 aliphatic carbocycles. The van der Waals surface area contributed by atoms with Crippen LogP contribution in [0.4, 0.5) is 18.9 Å². The molecule has 0 unspecified atom stereocenters. The molecule has 0 heterocycles. The third kappa shape index (κ3) is 5.33. The van der Waals surface area contributed by atoms with Crippen molar-refractivity contribution < 1.29 is 26.4 Å². The first-order chi connectivity index (χ1) is 9.57. The van der Waals surface area contributed by atoms with Gasteiger partial charge in [-0.15, -0.1) is 0 Å². The fourth-order valence-electron chi connectivity index (χ4n) is 1.49. The maximum absolute atomic E-state index is 12.7. The molecule has 1 aromatic rings. The Morgan fingerprint density at radius 2 is 1.90 bits per heavy atom. The van der Waals surface area contributed by atoms with Crippen LogP contribution in [0.1, 0.15) is 11.1 Å². The number of carbonyl (C=O) groups is 1. The van der Waals surface area contributed by atoms with E-state index in [2.05, 4.69) is 5.32 Å². The molecule has 0 aromatic heterocycles. The van der Waals surface area contributed by atoms with Gasteiger partial charge in [-0.3, -0.25) is 4.79 Å². The SMILES string of the molecule is CNS(=O)(=O)CC(=O)Nc1cc(CN)cc(C(F)(F)F)c1. The molecule has 0 radical (unpaired) electrons. The number of alkyl halides is 3. The average molecular weight is 325 g/mol. The van der Waals surface area contributed by atoms with Crippen LogP contribution in [0.25, 0.3) is 0 Å². The minimum absolute atomic E-state index is 0.151. The fraction of sp³-hybridized carbons (Fsp3) is 0.364. The summed E-state index contributed by atoms with van der Waals surface area (Å²) in [6, 6.07) is 2.82. The number of rotatable bonds is 5.